The molecule has 1 fully saturated rings. The summed E-state index contributed by atoms with van der Waals surface area (Å²) in [6.07, 6.45) is 2.72. The van der Waals surface area contributed by atoms with Gasteiger partial charge in [-0.3, -0.25) is 4.90 Å². The number of hydrogen-bond donors (Lipinski definition) is 1. The maximum atomic E-state index is 5.23. The number of likely N-dealkylation sites (tertiary alicyclic amines) is 1. The van der Waals surface area contributed by atoms with E-state index in [1.807, 2.05) is 12.1 Å². The van der Waals surface area contributed by atoms with Gasteiger partial charge in [0.2, 0.25) is 0 Å². The highest BCUT2D eigenvalue weighted by Gasteiger charge is 2.17. The van der Waals surface area contributed by atoms with Crippen molar-refractivity contribution in [3.8, 4) is 5.75 Å². The molecule has 1 aliphatic heterocycles. The monoisotopic (exact) mass is 248 g/mol. The number of methoxy groups -OCH3 is 1. The van der Waals surface area contributed by atoms with E-state index in [1.165, 1.54) is 31.5 Å². The molecule has 0 bridgehead atoms. The maximum Gasteiger partial charge on any atom is 0.119 e. The molecule has 100 valence electrons. The van der Waals surface area contributed by atoms with Gasteiger partial charge in [0.15, 0.2) is 0 Å². The summed E-state index contributed by atoms with van der Waals surface area (Å²) < 4.78 is 5.23. The Morgan fingerprint density at radius 3 is 2.83 bits per heavy atom. The van der Waals surface area contributed by atoms with Crippen LogP contribution in [0, 0.1) is 0 Å². The molecule has 1 N–H and O–H groups in total. The van der Waals surface area contributed by atoms with Gasteiger partial charge in [-0.25, -0.2) is 0 Å². The Morgan fingerprint density at radius 2 is 2.11 bits per heavy atom. The summed E-state index contributed by atoms with van der Waals surface area (Å²) in [4.78, 5) is 2.57. The fraction of sp³-hybridized carbons (Fsp3) is 0.600. The summed E-state index contributed by atoms with van der Waals surface area (Å²) in [6, 6.07) is 8.89. The van der Waals surface area contributed by atoms with Crippen molar-refractivity contribution >= 4 is 0 Å². The zero-order valence-corrected chi connectivity index (χ0v) is 11.5. The average Bonchev–Trinajstić information content (AvgIpc) is 2.93. The second-order valence-corrected chi connectivity index (χ2v) is 5.07. The molecule has 1 aromatic carbocycles. The van der Waals surface area contributed by atoms with Crippen LogP contribution in [0.5, 0.6) is 5.75 Å². The third-order valence-corrected chi connectivity index (χ3v) is 3.67. The van der Waals surface area contributed by atoms with Crippen molar-refractivity contribution in [2.75, 3.05) is 26.7 Å². The molecule has 0 aliphatic carbocycles. The van der Waals surface area contributed by atoms with Crippen molar-refractivity contribution < 1.29 is 4.74 Å². The number of nitrogens with one attached hydrogen (secondary N) is 1. The summed E-state index contributed by atoms with van der Waals surface area (Å²) in [5.74, 6) is 0.932. The van der Waals surface area contributed by atoms with Gasteiger partial charge in [-0.2, -0.15) is 0 Å². The van der Waals surface area contributed by atoms with Crippen LogP contribution in [-0.2, 0) is 6.54 Å². The first-order valence-electron chi connectivity index (χ1n) is 6.87. The Balaban J connectivity index is 1.73. The first-order chi connectivity index (χ1) is 8.79. The van der Waals surface area contributed by atoms with E-state index >= 15 is 0 Å². The molecule has 0 aromatic heterocycles. The molecule has 1 aromatic rings. The topological polar surface area (TPSA) is 24.5 Å². The van der Waals surface area contributed by atoms with Gasteiger partial charge in [0.1, 0.15) is 5.75 Å². The quantitative estimate of drug-likeness (QED) is 0.836. The first-order valence-corrected chi connectivity index (χ1v) is 6.87. The highest BCUT2D eigenvalue weighted by molar-refractivity contribution is 5.28. The Hall–Kier alpha value is -1.06. The number of rotatable bonds is 6. The molecular weight excluding hydrogens is 224 g/mol. The summed E-state index contributed by atoms with van der Waals surface area (Å²) in [7, 11) is 1.71. The van der Waals surface area contributed by atoms with Gasteiger partial charge in [-0.05, 0) is 50.6 Å². The number of nitrogens with zero attached hydrogens (tertiary/aromatic N) is 1. The zero-order chi connectivity index (χ0) is 12.8. The van der Waals surface area contributed by atoms with Crippen LogP contribution >= 0.6 is 0 Å². The Kier molecular flexibility index (Phi) is 5.02. The van der Waals surface area contributed by atoms with Gasteiger partial charge in [0.05, 0.1) is 7.11 Å². The predicted octanol–water partition coefficient (Wildman–Crippen LogP) is 2.27. The van der Waals surface area contributed by atoms with Crippen LogP contribution in [0.15, 0.2) is 24.3 Å². The minimum Gasteiger partial charge on any atom is -0.497 e. The molecule has 3 heteroatoms. The molecule has 0 radical (unpaired) electrons. The van der Waals surface area contributed by atoms with Gasteiger partial charge in [-0.15, -0.1) is 0 Å². The largest absolute Gasteiger partial charge is 0.497 e. The average molecular weight is 248 g/mol. The van der Waals surface area contributed by atoms with Crippen molar-refractivity contribution in [3.63, 3.8) is 0 Å². The first kappa shape index (κ1) is 13.4. The molecule has 1 saturated heterocycles. The van der Waals surface area contributed by atoms with E-state index in [4.69, 9.17) is 4.74 Å². The number of hydrogen-bond acceptors (Lipinski definition) is 3. The summed E-state index contributed by atoms with van der Waals surface area (Å²) in [5, 5.41) is 3.53. The molecule has 0 spiro atoms. The van der Waals surface area contributed by atoms with Crippen molar-refractivity contribution in [1.29, 1.82) is 0 Å². The number of ether oxygens (including phenoxy) is 1. The predicted molar refractivity (Wildman–Crippen MR) is 75.0 cm³/mol. The Morgan fingerprint density at radius 1 is 1.33 bits per heavy atom. The van der Waals surface area contributed by atoms with E-state index in [9.17, 15) is 0 Å². The summed E-state index contributed by atoms with van der Waals surface area (Å²) in [5.41, 5.74) is 1.28. The van der Waals surface area contributed by atoms with Crippen LogP contribution in [-0.4, -0.2) is 37.7 Å². The Labute approximate surface area is 110 Å². The molecule has 1 unspecified atom stereocenters. The highest BCUT2D eigenvalue weighted by Crippen LogP contribution is 2.13. The van der Waals surface area contributed by atoms with Crippen LogP contribution in [0.4, 0.5) is 0 Å². The van der Waals surface area contributed by atoms with Crippen LogP contribution < -0.4 is 10.1 Å². The second kappa shape index (κ2) is 6.76. The van der Waals surface area contributed by atoms with E-state index in [0.29, 0.717) is 6.04 Å². The highest BCUT2D eigenvalue weighted by atomic mass is 16.5. The van der Waals surface area contributed by atoms with Gasteiger partial charge in [0, 0.05) is 19.1 Å². The van der Waals surface area contributed by atoms with Crippen LogP contribution in [0.25, 0.3) is 0 Å². The smallest absolute Gasteiger partial charge is 0.119 e. The zero-order valence-electron chi connectivity index (χ0n) is 11.5. The molecule has 18 heavy (non-hydrogen) atoms. The lowest BCUT2D eigenvalue weighted by molar-refractivity contribution is 0.251. The molecule has 0 saturated carbocycles. The van der Waals surface area contributed by atoms with E-state index in [0.717, 1.165) is 18.8 Å². The lowest BCUT2D eigenvalue weighted by Gasteiger charge is -2.24. The van der Waals surface area contributed by atoms with Gasteiger partial charge in [-0.1, -0.05) is 12.1 Å². The summed E-state index contributed by atoms with van der Waals surface area (Å²) in [6.45, 7) is 6.81. The second-order valence-electron chi connectivity index (χ2n) is 5.07. The van der Waals surface area contributed by atoms with Crippen molar-refractivity contribution in [1.82, 2.24) is 10.2 Å². The van der Waals surface area contributed by atoms with E-state index in [2.05, 4.69) is 29.3 Å². The standard InChI is InChI=1S/C15H24N2O/c1-13(17-8-3-4-9-17)11-16-12-14-6-5-7-15(10-14)18-2/h5-7,10,13,16H,3-4,8-9,11-12H2,1-2H3. The van der Waals surface area contributed by atoms with Crippen LogP contribution in [0.3, 0.4) is 0 Å². The molecule has 2 rings (SSSR count). The Bertz CT molecular complexity index is 361. The minimum atomic E-state index is 0.637. The van der Waals surface area contributed by atoms with Crippen LogP contribution in [0.1, 0.15) is 25.3 Å². The summed E-state index contributed by atoms with van der Waals surface area (Å²) >= 11 is 0. The van der Waals surface area contributed by atoms with Gasteiger partial charge >= 0.3 is 0 Å². The van der Waals surface area contributed by atoms with Crippen molar-refractivity contribution in [2.45, 2.75) is 32.4 Å². The SMILES string of the molecule is COc1cccc(CNCC(C)N2CCCC2)c1. The van der Waals surface area contributed by atoms with Gasteiger partial charge in [0.25, 0.3) is 0 Å². The minimum absolute atomic E-state index is 0.637. The van der Waals surface area contributed by atoms with Crippen molar-refractivity contribution in [2.24, 2.45) is 0 Å². The fourth-order valence-electron chi connectivity index (χ4n) is 2.52. The fourth-order valence-corrected chi connectivity index (χ4v) is 2.52. The van der Waals surface area contributed by atoms with E-state index in [1.54, 1.807) is 7.11 Å². The number of benzene rings is 1. The van der Waals surface area contributed by atoms with E-state index in [-0.39, 0.29) is 0 Å². The lowest BCUT2D eigenvalue weighted by atomic mass is 10.2. The maximum absolute atomic E-state index is 5.23. The molecule has 1 atom stereocenters. The van der Waals surface area contributed by atoms with Crippen molar-refractivity contribution in [3.05, 3.63) is 29.8 Å². The molecular formula is C15H24N2O. The molecule has 0 amide bonds. The van der Waals surface area contributed by atoms with Gasteiger partial charge < -0.3 is 10.1 Å². The lowest BCUT2D eigenvalue weighted by Crippen LogP contribution is -2.38. The molecule has 1 aliphatic rings. The van der Waals surface area contributed by atoms with Crippen LogP contribution in [0.2, 0.25) is 0 Å². The molecule has 3 nitrogen and oxygen atoms in total. The van der Waals surface area contributed by atoms with E-state index < -0.39 is 0 Å². The third kappa shape index (κ3) is 3.72. The normalized spacial score (nSPS) is 17.9. The third-order valence-electron chi connectivity index (χ3n) is 3.67. The molecule has 1 heterocycles.